The number of nitrogens with zero attached hydrogens (tertiary/aromatic N) is 5. The lowest BCUT2D eigenvalue weighted by Gasteiger charge is -2.23. The molecule has 2 aromatic heterocycles. The predicted octanol–water partition coefficient (Wildman–Crippen LogP) is 4.79. The van der Waals surface area contributed by atoms with Crippen molar-refractivity contribution in [1.82, 2.24) is 24.6 Å². The average molecular weight is 472 g/mol. The van der Waals surface area contributed by atoms with E-state index in [9.17, 15) is 4.79 Å². The van der Waals surface area contributed by atoms with E-state index in [1.54, 1.807) is 19.5 Å². The van der Waals surface area contributed by atoms with Gasteiger partial charge in [-0.2, -0.15) is 0 Å². The molecular formula is C26H25N5O2S. The molecule has 0 saturated carbocycles. The van der Waals surface area contributed by atoms with E-state index in [-0.39, 0.29) is 5.91 Å². The number of likely N-dealkylation sites (tertiary alicyclic amines) is 1. The zero-order valence-corrected chi connectivity index (χ0v) is 19.7. The maximum atomic E-state index is 13.6. The topological polar surface area (TPSA) is 73.1 Å². The Morgan fingerprint density at radius 1 is 0.941 bits per heavy atom. The molecule has 0 aliphatic carbocycles. The minimum Gasteiger partial charge on any atom is -0.497 e. The Hall–Kier alpha value is -3.65. The largest absolute Gasteiger partial charge is 0.497 e. The summed E-state index contributed by atoms with van der Waals surface area (Å²) < 4.78 is 7.33. The first-order chi connectivity index (χ1) is 16.7. The standard InChI is InChI=1S/C26H25N5O2S/c1-33-22-11-9-21(10-12-22)31-24(20-13-15-27-16-14-20)28-29-26(31)34-23(19-7-3-2-4-8-19)25(32)30-17-5-6-18-30/h2-4,7-16,23H,5-6,17-18H2,1H3/t23-/m0/s1. The van der Waals surface area contributed by atoms with E-state index >= 15 is 0 Å². The fraction of sp³-hybridized carbons (Fsp3) is 0.231. The lowest BCUT2D eigenvalue weighted by Crippen LogP contribution is -2.31. The number of methoxy groups -OCH3 is 1. The fourth-order valence-corrected chi connectivity index (χ4v) is 5.24. The number of hydrogen-bond donors (Lipinski definition) is 0. The van der Waals surface area contributed by atoms with Gasteiger partial charge in [-0.1, -0.05) is 42.1 Å². The van der Waals surface area contributed by atoms with Crippen LogP contribution in [0.15, 0.2) is 84.3 Å². The number of pyridine rings is 1. The molecule has 1 saturated heterocycles. The molecule has 4 aromatic rings. The van der Waals surface area contributed by atoms with Crippen molar-refractivity contribution in [3.8, 4) is 22.8 Å². The van der Waals surface area contributed by atoms with Gasteiger partial charge in [-0.05, 0) is 54.8 Å². The number of aromatic nitrogens is 4. The molecule has 3 heterocycles. The van der Waals surface area contributed by atoms with E-state index < -0.39 is 5.25 Å². The monoisotopic (exact) mass is 471 g/mol. The second-order valence-corrected chi connectivity index (χ2v) is 9.09. The highest BCUT2D eigenvalue weighted by molar-refractivity contribution is 8.00. The summed E-state index contributed by atoms with van der Waals surface area (Å²) in [5.74, 6) is 1.57. The number of ether oxygens (including phenoxy) is 1. The number of carbonyl (C=O) groups is 1. The van der Waals surface area contributed by atoms with Crippen molar-refractivity contribution in [1.29, 1.82) is 0 Å². The first-order valence-corrected chi connectivity index (χ1v) is 12.1. The molecule has 8 heteroatoms. The quantitative estimate of drug-likeness (QED) is 0.361. The maximum Gasteiger partial charge on any atom is 0.240 e. The molecule has 1 atom stereocenters. The van der Waals surface area contributed by atoms with Gasteiger partial charge in [-0.25, -0.2) is 0 Å². The second kappa shape index (κ2) is 10.1. The molecule has 172 valence electrons. The van der Waals surface area contributed by atoms with Crippen LogP contribution in [0.25, 0.3) is 17.1 Å². The van der Waals surface area contributed by atoms with E-state index in [2.05, 4.69) is 15.2 Å². The van der Waals surface area contributed by atoms with Crippen LogP contribution < -0.4 is 4.74 Å². The Balaban J connectivity index is 1.58. The highest BCUT2D eigenvalue weighted by Crippen LogP contribution is 2.39. The van der Waals surface area contributed by atoms with Gasteiger partial charge in [0.2, 0.25) is 5.91 Å². The van der Waals surface area contributed by atoms with Crippen LogP contribution in [0.3, 0.4) is 0 Å². The maximum absolute atomic E-state index is 13.6. The molecule has 0 radical (unpaired) electrons. The van der Waals surface area contributed by atoms with Crippen molar-refractivity contribution < 1.29 is 9.53 Å². The van der Waals surface area contributed by atoms with Gasteiger partial charge < -0.3 is 9.64 Å². The van der Waals surface area contributed by atoms with Gasteiger partial charge in [0.05, 0.1) is 7.11 Å². The van der Waals surface area contributed by atoms with Crippen molar-refractivity contribution in [2.24, 2.45) is 0 Å². The summed E-state index contributed by atoms with van der Waals surface area (Å²) in [6, 6.07) is 21.5. The molecule has 1 amide bonds. The summed E-state index contributed by atoms with van der Waals surface area (Å²) in [6.07, 6.45) is 5.57. The summed E-state index contributed by atoms with van der Waals surface area (Å²) >= 11 is 1.43. The SMILES string of the molecule is COc1ccc(-n2c(S[C@H](C(=O)N3CCCC3)c3ccccc3)nnc2-c2ccncc2)cc1. The molecule has 34 heavy (non-hydrogen) atoms. The Kier molecular flexibility index (Phi) is 6.58. The number of hydrogen-bond acceptors (Lipinski definition) is 6. The van der Waals surface area contributed by atoms with Gasteiger partial charge in [-0.15, -0.1) is 10.2 Å². The molecule has 0 N–H and O–H groups in total. The summed E-state index contributed by atoms with van der Waals surface area (Å²) in [7, 11) is 1.64. The molecule has 5 rings (SSSR count). The highest BCUT2D eigenvalue weighted by atomic mass is 32.2. The Bertz CT molecular complexity index is 1240. The van der Waals surface area contributed by atoms with Gasteiger partial charge in [-0.3, -0.25) is 14.3 Å². The number of thioether (sulfide) groups is 1. The molecule has 1 aliphatic rings. The first-order valence-electron chi connectivity index (χ1n) is 11.3. The van der Waals surface area contributed by atoms with Gasteiger partial charge in [0.1, 0.15) is 11.0 Å². The molecule has 7 nitrogen and oxygen atoms in total. The van der Waals surface area contributed by atoms with Crippen LogP contribution in [0, 0.1) is 0 Å². The third-order valence-corrected chi connectivity index (χ3v) is 7.05. The molecule has 0 spiro atoms. The normalized spacial score (nSPS) is 14.2. The number of benzene rings is 2. The first kappa shape index (κ1) is 22.2. The van der Waals surface area contributed by atoms with Gasteiger partial charge >= 0.3 is 0 Å². The van der Waals surface area contributed by atoms with Gasteiger partial charge in [0.15, 0.2) is 11.0 Å². The van der Waals surface area contributed by atoms with Gasteiger partial charge in [0, 0.05) is 36.7 Å². The van der Waals surface area contributed by atoms with Crippen LogP contribution in [0.5, 0.6) is 5.75 Å². The third-order valence-electron chi connectivity index (χ3n) is 5.87. The second-order valence-electron chi connectivity index (χ2n) is 8.02. The van der Waals surface area contributed by atoms with E-state index in [1.807, 2.05) is 76.2 Å². The summed E-state index contributed by atoms with van der Waals surface area (Å²) in [5.41, 5.74) is 2.74. The van der Waals surface area contributed by atoms with Gasteiger partial charge in [0.25, 0.3) is 0 Å². The third kappa shape index (κ3) is 4.54. The molecule has 1 fully saturated rings. The van der Waals surface area contributed by atoms with E-state index in [0.29, 0.717) is 11.0 Å². The minimum atomic E-state index is -0.411. The van der Waals surface area contributed by atoms with Crippen molar-refractivity contribution in [3.63, 3.8) is 0 Å². The van der Waals surface area contributed by atoms with Crippen molar-refractivity contribution in [3.05, 3.63) is 84.7 Å². The molecule has 1 aliphatic heterocycles. The van der Waals surface area contributed by atoms with E-state index in [0.717, 1.165) is 48.5 Å². The Morgan fingerprint density at radius 2 is 1.65 bits per heavy atom. The van der Waals surface area contributed by atoms with Crippen LogP contribution in [0.2, 0.25) is 0 Å². The van der Waals surface area contributed by atoms with Crippen LogP contribution >= 0.6 is 11.8 Å². The molecule has 0 unspecified atom stereocenters. The van der Waals surface area contributed by atoms with Crippen LogP contribution in [-0.4, -0.2) is 50.8 Å². The number of carbonyl (C=O) groups excluding carboxylic acids is 1. The van der Waals surface area contributed by atoms with Crippen molar-refractivity contribution in [2.75, 3.05) is 20.2 Å². The lowest BCUT2D eigenvalue weighted by atomic mass is 10.1. The van der Waals surface area contributed by atoms with Crippen LogP contribution in [0.1, 0.15) is 23.7 Å². The minimum absolute atomic E-state index is 0.114. The van der Waals surface area contributed by atoms with Crippen molar-refractivity contribution in [2.45, 2.75) is 23.2 Å². The summed E-state index contributed by atoms with van der Waals surface area (Å²) in [6.45, 7) is 1.60. The van der Waals surface area contributed by atoms with Crippen LogP contribution in [-0.2, 0) is 4.79 Å². The Labute approximate surface area is 202 Å². The van der Waals surface area contributed by atoms with E-state index in [1.165, 1.54) is 11.8 Å². The van der Waals surface area contributed by atoms with E-state index in [4.69, 9.17) is 4.74 Å². The lowest BCUT2D eigenvalue weighted by molar-refractivity contribution is -0.129. The molecular weight excluding hydrogens is 446 g/mol. The zero-order valence-electron chi connectivity index (χ0n) is 18.9. The highest BCUT2D eigenvalue weighted by Gasteiger charge is 2.31. The smallest absolute Gasteiger partial charge is 0.240 e. The van der Waals surface area contributed by atoms with Crippen LogP contribution in [0.4, 0.5) is 0 Å². The number of rotatable bonds is 7. The Morgan fingerprint density at radius 3 is 2.32 bits per heavy atom. The summed E-state index contributed by atoms with van der Waals surface area (Å²) in [4.78, 5) is 19.7. The van der Waals surface area contributed by atoms with Crippen molar-refractivity contribution >= 4 is 17.7 Å². The molecule has 2 aromatic carbocycles. The average Bonchev–Trinajstić information content (AvgIpc) is 3.59. The number of amides is 1. The fourth-order valence-electron chi connectivity index (χ4n) is 4.10. The molecule has 0 bridgehead atoms. The zero-order chi connectivity index (χ0) is 23.3. The predicted molar refractivity (Wildman–Crippen MR) is 132 cm³/mol. The summed E-state index contributed by atoms with van der Waals surface area (Å²) in [5, 5.41) is 9.30.